The molecule has 0 aliphatic rings. The van der Waals surface area contributed by atoms with Gasteiger partial charge in [0.2, 0.25) is 21.8 Å². The topological polar surface area (TPSA) is 86.8 Å². The standard InChI is InChI=1S/C29H33BrClN3O4S/c1-4-21(2)32-29(36)27(17-22-11-6-5-7-12-22)33(19-23-13-8-9-16-26(23)31)28(35)20-34(39(3,37)38)25-15-10-14-24(30)18-25/h5-16,18,21,27H,4,17,19-20H2,1-3H3,(H,32,36)/t21-,27-/m0/s1. The third-order valence-corrected chi connectivity index (χ3v) is 8.35. The summed E-state index contributed by atoms with van der Waals surface area (Å²) >= 11 is 9.83. The minimum atomic E-state index is -3.83. The van der Waals surface area contributed by atoms with Gasteiger partial charge in [-0.15, -0.1) is 0 Å². The zero-order valence-corrected chi connectivity index (χ0v) is 25.3. The number of carbonyl (C=O) groups excluding carboxylic acids is 2. The van der Waals surface area contributed by atoms with E-state index in [0.717, 1.165) is 16.1 Å². The summed E-state index contributed by atoms with van der Waals surface area (Å²) in [5, 5.41) is 3.45. The summed E-state index contributed by atoms with van der Waals surface area (Å²) in [5.74, 6) is -0.845. The van der Waals surface area contributed by atoms with Crippen molar-refractivity contribution in [1.29, 1.82) is 0 Å². The predicted octanol–water partition coefficient (Wildman–Crippen LogP) is 5.42. The van der Waals surface area contributed by atoms with E-state index in [1.807, 2.05) is 44.2 Å². The number of sulfonamides is 1. The Hall–Kier alpha value is -2.88. The highest BCUT2D eigenvalue weighted by Crippen LogP contribution is 2.24. The maximum atomic E-state index is 14.1. The maximum absolute atomic E-state index is 14.1. The largest absolute Gasteiger partial charge is 0.352 e. The van der Waals surface area contributed by atoms with Crippen LogP contribution in [0.15, 0.2) is 83.3 Å². The average molecular weight is 635 g/mol. The Bertz CT molecular complexity index is 1390. The minimum absolute atomic E-state index is 0.0278. The first kappa shape index (κ1) is 30.7. The molecule has 7 nitrogen and oxygen atoms in total. The molecule has 0 unspecified atom stereocenters. The Morgan fingerprint density at radius 1 is 1.00 bits per heavy atom. The summed E-state index contributed by atoms with van der Waals surface area (Å²) in [7, 11) is -3.83. The first-order valence-corrected chi connectivity index (χ1v) is 15.6. The van der Waals surface area contributed by atoms with E-state index in [-0.39, 0.29) is 24.9 Å². The van der Waals surface area contributed by atoms with Crippen molar-refractivity contribution in [2.45, 2.75) is 45.3 Å². The van der Waals surface area contributed by atoms with Gasteiger partial charge in [0.1, 0.15) is 12.6 Å². The predicted molar refractivity (Wildman–Crippen MR) is 160 cm³/mol. The molecule has 0 bridgehead atoms. The van der Waals surface area contributed by atoms with E-state index in [1.54, 1.807) is 48.5 Å². The van der Waals surface area contributed by atoms with Crippen molar-refractivity contribution in [1.82, 2.24) is 10.2 Å². The second-order valence-corrected chi connectivity index (χ2v) is 12.6. The number of anilines is 1. The Kier molecular flexibility index (Phi) is 11.0. The van der Waals surface area contributed by atoms with Gasteiger partial charge in [0, 0.05) is 28.5 Å². The van der Waals surface area contributed by atoms with Crippen LogP contribution >= 0.6 is 27.5 Å². The summed E-state index contributed by atoms with van der Waals surface area (Å²) < 4.78 is 27.4. The van der Waals surface area contributed by atoms with Crippen molar-refractivity contribution in [3.8, 4) is 0 Å². The van der Waals surface area contributed by atoms with Gasteiger partial charge < -0.3 is 10.2 Å². The third-order valence-electron chi connectivity index (χ3n) is 6.35. The molecule has 0 radical (unpaired) electrons. The van der Waals surface area contributed by atoms with Gasteiger partial charge in [0.05, 0.1) is 11.9 Å². The lowest BCUT2D eigenvalue weighted by Crippen LogP contribution is -2.54. The second-order valence-electron chi connectivity index (χ2n) is 9.39. The highest BCUT2D eigenvalue weighted by atomic mass is 79.9. The number of nitrogens with one attached hydrogen (secondary N) is 1. The molecule has 0 aromatic heterocycles. The highest BCUT2D eigenvalue weighted by Gasteiger charge is 2.33. The molecule has 3 aromatic carbocycles. The Balaban J connectivity index is 2.07. The fourth-order valence-corrected chi connectivity index (χ4v) is 5.47. The summed E-state index contributed by atoms with van der Waals surface area (Å²) in [4.78, 5) is 29.1. The molecule has 0 fully saturated rings. The van der Waals surface area contributed by atoms with Crippen molar-refractivity contribution in [3.05, 3.63) is 99.5 Å². The van der Waals surface area contributed by atoms with Crippen LogP contribution in [0.25, 0.3) is 0 Å². The first-order valence-electron chi connectivity index (χ1n) is 12.6. The van der Waals surface area contributed by atoms with Crippen LogP contribution in [0.5, 0.6) is 0 Å². The normalized spacial score (nSPS) is 12.8. The molecule has 39 heavy (non-hydrogen) atoms. The summed E-state index contributed by atoms with van der Waals surface area (Å²) in [6.07, 6.45) is 2.01. The van der Waals surface area contributed by atoms with Gasteiger partial charge in [0.25, 0.3) is 0 Å². The van der Waals surface area contributed by atoms with Crippen molar-refractivity contribution in [3.63, 3.8) is 0 Å². The number of nitrogens with zero attached hydrogens (tertiary/aromatic N) is 2. The van der Waals surface area contributed by atoms with E-state index in [0.29, 0.717) is 27.2 Å². The lowest BCUT2D eigenvalue weighted by Gasteiger charge is -2.34. The Morgan fingerprint density at radius 3 is 2.28 bits per heavy atom. The van der Waals surface area contributed by atoms with Crippen LogP contribution in [0, 0.1) is 0 Å². The fourth-order valence-electron chi connectivity index (χ4n) is 4.05. The average Bonchev–Trinajstić information content (AvgIpc) is 2.89. The summed E-state index contributed by atoms with van der Waals surface area (Å²) in [5.41, 5.74) is 1.85. The van der Waals surface area contributed by atoms with Gasteiger partial charge in [-0.3, -0.25) is 13.9 Å². The van der Waals surface area contributed by atoms with Crippen molar-refractivity contribution >= 4 is 55.1 Å². The van der Waals surface area contributed by atoms with Crippen LogP contribution in [-0.2, 0) is 32.6 Å². The van der Waals surface area contributed by atoms with Gasteiger partial charge in [-0.25, -0.2) is 8.42 Å². The molecular weight excluding hydrogens is 602 g/mol. The molecule has 0 saturated carbocycles. The van der Waals surface area contributed by atoms with Gasteiger partial charge in [-0.1, -0.05) is 89.1 Å². The molecule has 3 aromatic rings. The van der Waals surface area contributed by atoms with Crippen LogP contribution in [0.3, 0.4) is 0 Å². The number of halogens is 2. The lowest BCUT2D eigenvalue weighted by atomic mass is 10.0. The monoisotopic (exact) mass is 633 g/mol. The number of hydrogen-bond acceptors (Lipinski definition) is 4. The molecule has 3 rings (SSSR count). The molecule has 0 spiro atoms. The quantitative estimate of drug-likeness (QED) is 0.288. The zero-order chi connectivity index (χ0) is 28.6. The number of amides is 2. The van der Waals surface area contributed by atoms with Gasteiger partial charge in [-0.05, 0) is 48.7 Å². The second kappa shape index (κ2) is 14.0. The van der Waals surface area contributed by atoms with E-state index in [4.69, 9.17) is 11.6 Å². The van der Waals surface area contributed by atoms with E-state index in [2.05, 4.69) is 21.2 Å². The number of benzene rings is 3. The third kappa shape index (κ3) is 8.81. The van der Waals surface area contributed by atoms with Crippen molar-refractivity contribution in [2.24, 2.45) is 0 Å². The lowest BCUT2D eigenvalue weighted by molar-refractivity contribution is -0.140. The first-order chi connectivity index (χ1) is 18.5. The molecular formula is C29H33BrClN3O4S. The fraction of sp³-hybridized carbons (Fsp3) is 0.310. The van der Waals surface area contributed by atoms with Crippen LogP contribution in [0.1, 0.15) is 31.4 Å². The summed E-state index contributed by atoms with van der Waals surface area (Å²) in [6.45, 7) is 3.41. The van der Waals surface area contributed by atoms with Crippen LogP contribution in [0.4, 0.5) is 5.69 Å². The minimum Gasteiger partial charge on any atom is -0.352 e. The van der Waals surface area contributed by atoms with E-state index in [9.17, 15) is 18.0 Å². The van der Waals surface area contributed by atoms with E-state index >= 15 is 0 Å². The van der Waals surface area contributed by atoms with Crippen LogP contribution in [0.2, 0.25) is 5.02 Å². The van der Waals surface area contributed by atoms with Crippen LogP contribution < -0.4 is 9.62 Å². The van der Waals surface area contributed by atoms with E-state index < -0.39 is 28.5 Å². The van der Waals surface area contributed by atoms with Crippen molar-refractivity contribution < 1.29 is 18.0 Å². The zero-order valence-electron chi connectivity index (χ0n) is 22.2. The van der Waals surface area contributed by atoms with Crippen LogP contribution in [-0.4, -0.2) is 50.0 Å². The molecule has 0 heterocycles. The maximum Gasteiger partial charge on any atom is 0.244 e. The SMILES string of the molecule is CC[C@H](C)NC(=O)[C@H](Cc1ccccc1)N(Cc1ccccc1Cl)C(=O)CN(c1cccc(Br)c1)S(C)(=O)=O. The molecule has 2 atom stereocenters. The molecule has 208 valence electrons. The van der Waals surface area contributed by atoms with Gasteiger partial charge in [-0.2, -0.15) is 0 Å². The van der Waals surface area contributed by atoms with Crippen molar-refractivity contribution in [2.75, 3.05) is 17.1 Å². The highest BCUT2D eigenvalue weighted by molar-refractivity contribution is 9.10. The smallest absolute Gasteiger partial charge is 0.244 e. The molecule has 0 saturated heterocycles. The molecule has 10 heteroatoms. The molecule has 2 amide bonds. The summed E-state index contributed by atoms with van der Waals surface area (Å²) in [6, 6.07) is 22.2. The number of rotatable bonds is 12. The Morgan fingerprint density at radius 2 is 1.67 bits per heavy atom. The molecule has 1 N–H and O–H groups in total. The van der Waals surface area contributed by atoms with Gasteiger partial charge >= 0.3 is 0 Å². The Labute approximate surface area is 244 Å². The molecule has 0 aliphatic heterocycles. The number of carbonyl (C=O) groups is 2. The molecule has 0 aliphatic carbocycles. The van der Waals surface area contributed by atoms with E-state index in [1.165, 1.54) is 4.90 Å². The van der Waals surface area contributed by atoms with Gasteiger partial charge in [0.15, 0.2) is 0 Å². The number of hydrogen-bond donors (Lipinski definition) is 1.